The first-order chi connectivity index (χ1) is 13.0. The molecule has 1 heterocycles. The number of carbonyl (C=O) groups is 1. The van der Waals surface area contributed by atoms with Gasteiger partial charge in [-0.3, -0.25) is 4.79 Å². The third-order valence-electron chi connectivity index (χ3n) is 4.65. The highest BCUT2D eigenvalue weighted by molar-refractivity contribution is 7.93. The number of hydrogen-bond acceptors (Lipinski definition) is 6. The van der Waals surface area contributed by atoms with Gasteiger partial charge in [-0.05, 0) is 24.3 Å². The van der Waals surface area contributed by atoms with Crippen LogP contribution in [-0.2, 0) is 15.4 Å². The van der Waals surface area contributed by atoms with E-state index in [1.807, 2.05) is 0 Å². The summed E-state index contributed by atoms with van der Waals surface area (Å²) in [6, 6.07) is 5.87. The van der Waals surface area contributed by atoms with E-state index in [0.29, 0.717) is 6.07 Å². The Bertz CT molecular complexity index is 1220. The average Bonchev–Trinajstić information content (AvgIpc) is 2.90. The van der Waals surface area contributed by atoms with Crippen LogP contribution in [0.3, 0.4) is 0 Å². The number of nitrogens with zero attached hydrogens (tertiary/aromatic N) is 1. The van der Waals surface area contributed by atoms with Crippen molar-refractivity contribution in [2.24, 2.45) is 0 Å². The lowest BCUT2D eigenvalue weighted by Gasteiger charge is -2.26. The fourth-order valence-corrected chi connectivity index (χ4v) is 5.05. The second kappa shape index (κ2) is 5.30. The van der Waals surface area contributed by atoms with Crippen LogP contribution < -0.4 is 4.74 Å². The van der Waals surface area contributed by atoms with Crippen molar-refractivity contribution in [1.29, 1.82) is 5.26 Å². The minimum Gasteiger partial charge on any atom is -0.456 e. The maximum Gasteiger partial charge on any atom is 0.385 e. The van der Waals surface area contributed by atoms with Crippen LogP contribution in [0.4, 0.5) is 17.6 Å². The predicted molar refractivity (Wildman–Crippen MR) is 82.9 cm³/mol. The Morgan fingerprint density at radius 1 is 1.21 bits per heavy atom. The van der Waals surface area contributed by atoms with Crippen LogP contribution in [0.5, 0.6) is 11.5 Å². The van der Waals surface area contributed by atoms with E-state index in [9.17, 15) is 35.9 Å². The SMILES string of the molecule is N#Cc1cc(F)cc(Oc2ccc3c4c2C(=O)C(F)C4(O)C(F)(F)S3(=O)=O)c1. The molecule has 0 spiro atoms. The molecule has 1 N–H and O–H groups in total. The van der Waals surface area contributed by atoms with Gasteiger partial charge in [-0.25, -0.2) is 17.2 Å². The van der Waals surface area contributed by atoms with E-state index in [-0.39, 0.29) is 11.3 Å². The van der Waals surface area contributed by atoms with E-state index in [2.05, 4.69) is 0 Å². The smallest absolute Gasteiger partial charge is 0.385 e. The summed E-state index contributed by atoms with van der Waals surface area (Å²) in [5, 5.41) is 14.1. The fraction of sp³-hybridized carbons (Fsp3) is 0.176. The summed E-state index contributed by atoms with van der Waals surface area (Å²) in [6.45, 7) is 0. The van der Waals surface area contributed by atoms with Crippen molar-refractivity contribution in [1.82, 2.24) is 0 Å². The largest absolute Gasteiger partial charge is 0.456 e. The fourth-order valence-electron chi connectivity index (χ4n) is 3.39. The van der Waals surface area contributed by atoms with E-state index in [4.69, 9.17) is 10.00 Å². The van der Waals surface area contributed by atoms with Crippen LogP contribution in [0.1, 0.15) is 21.5 Å². The number of ether oxygens (including phenoxy) is 1. The third-order valence-corrected chi connectivity index (χ3v) is 6.56. The summed E-state index contributed by atoms with van der Waals surface area (Å²) < 4.78 is 86.1. The first-order valence-corrected chi connectivity index (χ1v) is 9.04. The molecule has 0 radical (unpaired) electrons. The maximum absolute atomic E-state index is 14.4. The number of hydrogen-bond donors (Lipinski definition) is 1. The minimum absolute atomic E-state index is 0.159. The number of ketones is 1. The van der Waals surface area contributed by atoms with Gasteiger partial charge in [0, 0.05) is 11.6 Å². The van der Waals surface area contributed by atoms with Gasteiger partial charge in [-0.2, -0.15) is 14.0 Å². The molecule has 0 fully saturated rings. The highest BCUT2D eigenvalue weighted by Gasteiger charge is 2.78. The Hall–Kier alpha value is -2.97. The lowest BCUT2D eigenvalue weighted by molar-refractivity contribution is -0.151. The van der Waals surface area contributed by atoms with E-state index in [0.717, 1.165) is 24.3 Å². The van der Waals surface area contributed by atoms with Crippen molar-refractivity contribution in [3.63, 3.8) is 0 Å². The molecule has 2 aromatic carbocycles. The van der Waals surface area contributed by atoms with Crippen LogP contribution in [-0.4, -0.2) is 30.7 Å². The molecule has 2 aliphatic rings. The molecule has 6 nitrogen and oxygen atoms in total. The molecule has 2 aromatic rings. The van der Waals surface area contributed by atoms with Gasteiger partial charge in [0.2, 0.25) is 27.4 Å². The number of carbonyl (C=O) groups excluding carboxylic acids is 1. The maximum atomic E-state index is 14.4. The minimum atomic E-state index is -5.46. The number of nitriles is 1. The summed E-state index contributed by atoms with van der Waals surface area (Å²) >= 11 is 0. The van der Waals surface area contributed by atoms with E-state index >= 15 is 0 Å². The molecule has 0 aromatic heterocycles. The molecule has 2 atom stereocenters. The van der Waals surface area contributed by atoms with E-state index in [1.54, 1.807) is 6.07 Å². The summed E-state index contributed by atoms with van der Waals surface area (Å²) in [5.41, 5.74) is -6.03. The normalized spacial score (nSPS) is 26.0. The first-order valence-electron chi connectivity index (χ1n) is 7.56. The molecule has 4 rings (SSSR count). The van der Waals surface area contributed by atoms with Crippen LogP contribution in [0, 0.1) is 17.1 Å². The topological polar surface area (TPSA) is 104 Å². The Labute approximate surface area is 154 Å². The lowest BCUT2D eigenvalue weighted by Crippen LogP contribution is -2.50. The molecule has 1 aliphatic heterocycles. The Morgan fingerprint density at radius 2 is 1.89 bits per heavy atom. The van der Waals surface area contributed by atoms with Crippen molar-refractivity contribution < 1.29 is 40.6 Å². The highest BCUT2D eigenvalue weighted by atomic mass is 32.2. The van der Waals surface area contributed by atoms with Crippen molar-refractivity contribution in [2.75, 3.05) is 0 Å². The molecular weight excluding hydrogens is 406 g/mol. The highest BCUT2D eigenvalue weighted by Crippen LogP contribution is 2.61. The molecule has 1 aliphatic carbocycles. The van der Waals surface area contributed by atoms with Gasteiger partial charge in [0.1, 0.15) is 17.3 Å². The predicted octanol–water partition coefficient (Wildman–Crippen LogP) is 2.59. The van der Waals surface area contributed by atoms with E-state index in [1.165, 1.54) is 0 Å². The van der Waals surface area contributed by atoms with Crippen LogP contribution >= 0.6 is 0 Å². The molecule has 28 heavy (non-hydrogen) atoms. The molecular formula is C17H7F4NO5S. The number of Topliss-reactive ketones (excluding diaryl/α,β-unsaturated/α-hetero) is 1. The zero-order valence-electron chi connectivity index (χ0n) is 13.4. The van der Waals surface area contributed by atoms with Gasteiger partial charge in [-0.1, -0.05) is 0 Å². The standard InChI is InChI=1S/C17H7F4NO5S/c18-8-3-7(6-22)4-9(5-8)27-10-1-2-11-13-12(10)14(23)15(19)16(13,24)17(20,21)28(11,25)26/h1-5,15,24H. The van der Waals surface area contributed by atoms with Crippen molar-refractivity contribution in [3.8, 4) is 17.6 Å². The second-order valence-corrected chi connectivity index (χ2v) is 8.17. The third kappa shape index (κ3) is 1.93. The van der Waals surface area contributed by atoms with Crippen molar-refractivity contribution >= 4 is 15.6 Å². The molecule has 0 saturated heterocycles. The number of sulfone groups is 1. The molecule has 0 amide bonds. The summed E-state index contributed by atoms with van der Waals surface area (Å²) in [5.74, 6) is -3.36. The summed E-state index contributed by atoms with van der Waals surface area (Å²) in [4.78, 5) is 11.1. The number of halogens is 4. The van der Waals surface area contributed by atoms with E-state index < -0.39 is 60.2 Å². The van der Waals surface area contributed by atoms with Crippen LogP contribution in [0.2, 0.25) is 0 Å². The molecule has 2 unspecified atom stereocenters. The first kappa shape index (κ1) is 18.4. The van der Waals surface area contributed by atoms with Gasteiger partial charge >= 0.3 is 5.25 Å². The van der Waals surface area contributed by atoms with Crippen molar-refractivity contribution in [3.05, 3.63) is 52.8 Å². The molecule has 0 bridgehead atoms. The van der Waals surface area contributed by atoms with Gasteiger partial charge in [-0.15, -0.1) is 0 Å². The Balaban J connectivity index is 1.96. The molecule has 144 valence electrons. The summed E-state index contributed by atoms with van der Waals surface area (Å²) in [6.07, 6.45) is -3.25. The zero-order chi connectivity index (χ0) is 20.6. The second-order valence-electron chi connectivity index (χ2n) is 6.21. The Kier molecular flexibility index (Phi) is 3.48. The zero-order valence-corrected chi connectivity index (χ0v) is 14.2. The van der Waals surface area contributed by atoms with Crippen LogP contribution in [0.15, 0.2) is 35.2 Å². The number of benzene rings is 2. The monoisotopic (exact) mass is 413 g/mol. The quantitative estimate of drug-likeness (QED) is 0.759. The van der Waals surface area contributed by atoms with Gasteiger partial charge in [0.15, 0.2) is 0 Å². The van der Waals surface area contributed by atoms with Gasteiger partial charge < -0.3 is 9.84 Å². The number of aliphatic hydroxyl groups is 1. The number of rotatable bonds is 2. The average molecular weight is 413 g/mol. The number of alkyl halides is 3. The lowest BCUT2D eigenvalue weighted by atomic mass is 9.95. The van der Waals surface area contributed by atoms with Crippen LogP contribution in [0.25, 0.3) is 0 Å². The summed E-state index contributed by atoms with van der Waals surface area (Å²) in [7, 11) is -5.46. The van der Waals surface area contributed by atoms with Gasteiger partial charge in [0.25, 0.3) is 0 Å². The Morgan fingerprint density at radius 3 is 2.54 bits per heavy atom. The van der Waals surface area contributed by atoms with Gasteiger partial charge in [0.05, 0.1) is 22.1 Å². The molecule has 11 heteroatoms. The van der Waals surface area contributed by atoms with Crippen molar-refractivity contribution in [2.45, 2.75) is 21.9 Å². The molecule has 0 saturated carbocycles.